The molecule has 1 aliphatic carbocycles. The van der Waals surface area contributed by atoms with Gasteiger partial charge in [-0.25, -0.2) is 0 Å². The molecule has 0 aliphatic heterocycles. The summed E-state index contributed by atoms with van der Waals surface area (Å²) in [6.07, 6.45) is 8.08. The summed E-state index contributed by atoms with van der Waals surface area (Å²) in [5, 5.41) is 1.01. The number of aromatic nitrogens is 1. The summed E-state index contributed by atoms with van der Waals surface area (Å²) < 4.78 is 10.7. The number of nitrogens with zero attached hydrogens (tertiary/aromatic N) is 1. The first-order valence-corrected chi connectivity index (χ1v) is 13.1. The Hall–Kier alpha value is -4.52. The molecule has 5 rings (SSSR count). The highest BCUT2D eigenvalue weighted by Crippen LogP contribution is 2.37. The van der Waals surface area contributed by atoms with Crippen molar-refractivity contribution < 1.29 is 19.1 Å². The highest BCUT2D eigenvalue weighted by Gasteiger charge is 2.36. The van der Waals surface area contributed by atoms with E-state index < -0.39 is 11.9 Å². The summed E-state index contributed by atoms with van der Waals surface area (Å²) in [6.45, 7) is 0. The lowest BCUT2D eigenvalue weighted by molar-refractivity contribution is -0.138. The maximum atomic E-state index is 14.0. The number of hydrogen-bond donors (Lipinski definition) is 2. The molecule has 0 fully saturated rings. The molecule has 1 aliphatic rings. The molecule has 2 amide bonds. The van der Waals surface area contributed by atoms with Crippen LogP contribution in [0.3, 0.4) is 0 Å². The van der Waals surface area contributed by atoms with Gasteiger partial charge in [-0.15, -0.1) is 0 Å². The third kappa shape index (κ3) is 5.39. The van der Waals surface area contributed by atoms with Gasteiger partial charge in [-0.3, -0.25) is 9.59 Å². The van der Waals surface area contributed by atoms with Crippen molar-refractivity contribution in [2.45, 2.75) is 37.8 Å². The minimum Gasteiger partial charge on any atom is -0.493 e. The van der Waals surface area contributed by atoms with E-state index in [1.165, 1.54) is 11.6 Å². The molecule has 0 spiro atoms. The molecule has 4 aromatic rings. The molecule has 200 valence electrons. The molecule has 7 nitrogen and oxygen atoms in total. The summed E-state index contributed by atoms with van der Waals surface area (Å²) in [7, 11) is 3.15. The molecular weight excluding hydrogens is 490 g/mol. The van der Waals surface area contributed by atoms with Crippen molar-refractivity contribution in [2.24, 2.45) is 5.73 Å². The van der Waals surface area contributed by atoms with Gasteiger partial charge in [0.1, 0.15) is 6.04 Å². The molecule has 1 unspecified atom stereocenters. The van der Waals surface area contributed by atoms with E-state index in [-0.39, 0.29) is 11.9 Å². The lowest BCUT2D eigenvalue weighted by atomic mass is 9.85. The number of H-pyrrole nitrogens is 1. The fraction of sp³-hybridized carbons (Fsp3) is 0.250. The number of aromatic amines is 1. The summed E-state index contributed by atoms with van der Waals surface area (Å²) in [4.78, 5) is 32.0. The number of rotatable bonds is 9. The minimum absolute atomic E-state index is 0.264. The lowest BCUT2D eigenvalue weighted by Gasteiger charge is -2.39. The average molecular weight is 524 g/mol. The van der Waals surface area contributed by atoms with E-state index in [4.69, 9.17) is 15.2 Å². The number of aryl methyl sites for hydroxylation is 1. The summed E-state index contributed by atoms with van der Waals surface area (Å²) in [5.74, 6) is 0.375. The highest BCUT2D eigenvalue weighted by atomic mass is 16.5. The molecule has 1 heterocycles. The zero-order valence-corrected chi connectivity index (χ0v) is 22.2. The maximum Gasteiger partial charge on any atom is 0.247 e. The lowest BCUT2D eigenvalue weighted by Crippen LogP contribution is -2.51. The van der Waals surface area contributed by atoms with E-state index in [9.17, 15) is 9.59 Å². The second kappa shape index (κ2) is 11.5. The molecule has 0 saturated heterocycles. The Labute approximate surface area is 228 Å². The molecule has 3 aromatic carbocycles. The van der Waals surface area contributed by atoms with E-state index in [1.54, 1.807) is 37.3 Å². The van der Waals surface area contributed by atoms with Gasteiger partial charge in [-0.1, -0.05) is 48.5 Å². The number of nitrogens with one attached hydrogen (secondary N) is 1. The van der Waals surface area contributed by atoms with Crippen molar-refractivity contribution in [3.63, 3.8) is 0 Å². The average Bonchev–Trinajstić information content (AvgIpc) is 3.38. The first-order valence-electron chi connectivity index (χ1n) is 13.1. The second-order valence-corrected chi connectivity index (χ2v) is 9.78. The van der Waals surface area contributed by atoms with Crippen LogP contribution in [-0.4, -0.2) is 42.0 Å². The molecule has 0 saturated carbocycles. The Morgan fingerprint density at radius 3 is 2.62 bits per heavy atom. The number of carbonyl (C=O) groups is 2. The SMILES string of the molecule is COc1ccc(C=CC(=O)N(C2CCCc3ccccc32)[C@@H](Cc2c[nH]c3ccccc23)C(N)=O)cc1OC. The molecule has 1 aromatic heterocycles. The molecule has 2 atom stereocenters. The summed E-state index contributed by atoms with van der Waals surface area (Å²) in [6, 6.07) is 20.4. The molecule has 0 radical (unpaired) electrons. The van der Waals surface area contributed by atoms with E-state index in [0.29, 0.717) is 17.9 Å². The third-order valence-electron chi connectivity index (χ3n) is 7.51. The van der Waals surface area contributed by atoms with Gasteiger partial charge in [0.15, 0.2) is 11.5 Å². The first kappa shape index (κ1) is 26.1. The van der Waals surface area contributed by atoms with E-state index in [2.05, 4.69) is 17.1 Å². The van der Waals surface area contributed by atoms with Crippen LogP contribution in [0.25, 0.3) is 17.0 Å². The Balaban J connectivity index is 1.54. The highest BCUT2D eigenvalue weighted by molar-refractivity contribution is 5.96. The van der Waals surface area contributed by atoms with Gasteiger partial charge in [0.25, 0.3) is 0 Å². The van der Waals surface area contributed by atoms with Crippen LogP contribution in [0.5, 0.6) is 11.5 Å². The van der Waals surface area contributed by atoms with Gasteiger partial charge < -0.3 is 25.1 Å². The van der Waals surface area contributed by atoms with Crippen LogP contribution < -0.4 is 15.2 Å². The summed E-state index contributed by atoms with van der Waals surface area (Å²) >= 11 is 0. The number of para-hydroxylation sites is 1. The van der Waals surface area contributed by atoms with Crippen LogP contribution in [0, 0.1) is 0 Å². The van der Waals surface area contributed by atoms with Crippen LogP contribution >= 0.6 is 0 Å². The number of amides is 2. The molecule has 39 heavy (non-hydrogen) atoms. The van der Waals surface area contributed by atoms with Crippen LogP contribution in [0.15, 0.2) is 79.0 Å². The van der Waals surface area contributed by atoms with Gasteiger partial charge in [0.05, 0.1) is 20.3 Å². The molecule has 0 bridgehead atoms. The minimum atomic E-state index is -0.831. The standard InChI is InChI=1S/C32H33N3O4/c1-38-29-16-14-21(18-30(29)39-2)15-17-31(36)35(27-13-7-9-22-8-3-4-11-25(22)27)28(32(33)37)19-23-20-34-26-12-6-5-10-24(23)26/h3-6,8,10-12,14-18,20,27-28,34H,7,9,13,19H2,1-2H3,(H2,33,37)/t27?,28-/m0/s1. The van der Waals surface area contributed by atoms with Crippen molar-refractivity contribution in [3.8, 4) is 11.5 Å². The number of benzene rings is 3. The number of hydrogen-bond acceptors (Lipinski definition) is 4. The smallest absolute Gasteiger partial charge is 0.247 e. The van der Waals surface area contributed by atoms with E-state index in [1.807, 2.05) is 48.7 Å². The predicted octanol–water partition coefficient (Wildman–Crippen LogP) is 5.20. The zero-order valence-electron chi connectivity index (χ0n) is 22.2. The zero-order chi connectivity index (χ0) is 27.4. The van der Waals surface area contributed by atoms with Crippen molar-refractivity contribution in [1.29, 1.82) is 0 Å². The van der Waals surface area contributed by atoms with Gasteiger partial charge in [-0.05, 0) is 65.8 Å². The van der Waals surface area contributed by atoms with Crippen LogP contribution in [0.2, 0.25) is 0 Å². The number of fused-ring (bicyclic) bond motifs is 2. The van der Waals surface area contributed by atoms with Crippen LogP contribution in [0.1, 0.15) is 41.1 Å². The quantitative estimate of drug-likeness (QED) is 0.295. The monoisotopic (exact) mass is 523 g/mol. The normalized spacial score (nSPS) is 15.6. The van der Waals surface area contributed by atoms with E-state index in [0.717, 1.165) is 46.9 Å². The number of methoxy groups -OCH3 is 2. The fourth-order valence-corrected chi connectivity index (χ4v) is 5.60. The first-order chi connectivity index (χ1) is 19.0. The molecule has 3 N–H and O–H groups in total. The van der Waals surface area contributed by atoms with Crippen molar-refractivity contribution in [3.05, 3.63) is 101 Å². The van der Waals surface area contributed by atoms with Crippen LogP contribution in [-0.2, 0) is 22.4 Å². The maximum absolute atomic E-state index is 14.0. The van der Waals surface area contributed by atoms with E-state index >= 15 is 0 Å². The second-order valence-electron chi connectivity index (χ2n) is 9.78. The van der Waals surface area contributed by atoms with Crippen molar-refractivity contribution in [2.75, 3.05) is 14.2 Å². The summed E-state index contributed by atoms with van der Waals surface area (Å²) in [5.41, 5.74) is 11.0. The largest absolute Gasteiger partial charge is 0.493 e. The molecule has 7 heteroatoms. The number of ether oxygens (including phenoxy) is 2. The molecular formula is C32H33N3O4. The van der Waals surface area contributed by atoms with Crippen molar-refractivity contribution in [1.82, 2.24) is 9.88 Å². The van der Waals surface area contributed by atoms with Crippen molar-refractivity contribution >= 4 is 28.8 Å². The predicted molar refractivity (Wildman–Crippen MR) is 153 cm³/mol. The van der Waals surface area contributed by atoms with Gasteiger partial charge in [-0.2, -0.15) is 0 Å². The van der Waals surface area contributed by atoms with Gasteiger partial charge in [0, 0.05) is 29.6 Å². The Morgan fingerprint density at radius 1 is 1.05 bits per heavy atom. The Kier molecular flexibility index (Phi) is 7.68. The Bertz CT molecular complexity index is 1520. The fourth-order valence-electron chi connectivity index (χ4n) is 5.60. The Morgan fingerprint density at radius 2 is 1.82 bits per heavy atom. The van der Waals surface area contributed by atoms with Gasteiger partial charge in [0.2, 0.25) is 11.8 Å². The third-order valence-corrected chi connectivity index (χ3v) is 7.51. The topological polar surface area (TPSA) is 97.6 Å². The number of carbonyl (C=O) groups excluding carboxylic acids is 2. The number of primary amides is 1. The van der Waals surface area contributed by atoms with Gasteiger partial charge >= 0.3 is 0 Å². The number of nitrogens with two attached hydrogens (primary N) is 1. The van der Waals surface area contributed by atoms with Crippen LogP contribution in [0.4, 0.5) is 0 Å².